The van der Waals surface area contributed by atoms with Gasteiger partial charge in [0.05, 0.1) is 0 Å². The molecule has 0 aliphatic carbocycles. The molecule has 1 rings (SSSR count). The van der Waals surface area contributed by atoms with Gasteiger partial charge in [0, 0.05) is 19.3 Å². The van der Waals surface area contributed by atoms with Crippen molar-refractivity contribution < 1.29 is 4.74 Å². The molecule has 2 heteroatoms. The molecule has 0 aromatic rings. The van der Waals surface area contributed by atoms with Crippen molar-refractivity contribution in [3.63, 3.8) is 0 Å². The highest BCUT2D eigenvalue weighted by Gasteiger charge is 2.16. The van der Waals surface area contributed by atoms with Crippen LogP contribution >= 0.6 is 0 Å². The van der Waals surface area contributed by atoms with Crippen LogP contribution < -0.4 is 5.73 Å². The lowest BCUT2D eigenvalue weighted by Crippen LogP contribution is -2.26. The largest absolute Gasteiger partial charge is 0.381 e. The van der Waals surface area contributed by atoms with E-state index < -0.39 is 0 Å². The van der Waals surface area contributed by atoms with Crippen LogP contribution in [0.15, 0.2) is 0 Å². The van der Waals surface area contributed by atoms with E-state index in [0.29, 0.717) is 11.5 Å². The summed E-state index contributed by atoms with van der Waals surface area (Å²) in [5, 5.41) is 0. The van der Waals surface area contributed by atoms with Crippen LogP contribution in [0, 0.1) is 11.3 Å². The van der Waals surface area contributed by atoms with Crippen molar-refractivity contribution in [3.05, 3.63) is 0 Å². The monoisotopic (exact) mass is 241 g/mol. The highest BCUT2D eigenvalue weighted by molar-refractivity contribution is 4.72. The quantitative estimate of drug-likeness (QED) is 0.719. The first-order valence-electron chi connectivity index (χ1n) is 7.31. The lowest BCUT2D eigenvalue weighted by Gasteiger charge is -2.24. The van der Waals surface area contributed by atoms with Gasteiger partial charge in [-0.2, -0.15) is 0 Å². The number of hydrogen-bond acceptors (Lipinski definition) is 2. The highest BCUT2D eigenvalue weighted by atomic mass is 16.5. The predicted molar refractivity (Wildman–Crippen MR) is 74.1 cm³/mol. The molecule has 1 aliphatic rings. The molecule has 0 bridgehead atoms. The van der Waals surface area contributed by atoms with E-state index in [2.05, 4.69) is 20.8 Å². The number of unbranched alkanes of at least 4 members (excludes halogenated alkanes) is 1. The van der Waals surface area contributed by atoms with E-state index in [1.54, 1.807) is 0 Å². The van der Waals surface area contributed by atoms with Crippen LogP contribution in [0.2, 0.25) is 0 Å². The summed E-state index contributed by atoms with van der Waals surface area (Å²) in [5.74, 6) is 0.919. The SMILES string of the molecule is CC(C)(C)CC(N)CCCCC1CCOCC1. The zero-order valence-electron chi connectivity index (χ0n) is 12.0. The first kappa shape index (κ1) is 15.0. The molecule has 2 N–H and O–H groups in total. The zero-order valence-corrected chi connectivity index (χ0v) is 12.0. The maximum Gasteiger partial charge on any atom is 0.0468 e. The Bertz CT molecular complexity index is 192. The summed E-state index contributed by atoms with van der Waals surface area (Å²) < 4.78 is 5.38. The molecule has 0 aromatic carbocycles. The number of rotatable bonds is 6. The Morgan fingerprint density at radius 2 is 1.82 bits per heavy atom. The molecule has 0 radical (unpaired) electrons. The summed E-state index contributed by atoms with van der Waals surface area (Å²) in [6.45, 7) is 8.78. The Labute approximate surface area is 107 Å². The number of nitrogens with two attached hydrogens (primary N) is 1. The van der Waals surface area contributed by atoms with E-state index in [0.717, 1.165) is 25.6 Å². The van der Waals surface area contributed by atoms with Crippen LogP contribution in [0.5, 0.6) is 0 Å². The van der Waals surface area contributed by atoms with E-state index in [4.69, 9.17) is 10.5 Å². The van der Waals surface area contributed by atoms with E-state index in [-0.39, 0.29) is 0 Å². The molecule has 1 saturated heterocycles. The fourth-order valence-corrected chi connectivity index (χ4v) is 2.76. The average molecular weight is 241 g/mol. The molecule has 1 aliphatic heterocycles. The van der Waals surface area contributed by atoms with Crippen LogP contribution in [0.3, 0.4) is 0 Å². The molecule has 1 fully saturated rings. The van der Waals surface area contributed by atoms with Crippen LogP contribution in [0.25, 0.3) is 0 Å². The Kier molecular flexibility index (Phi) is 6.50. The number of hydrogen-bond donors (Lipinski definition) is 1. The molecule has 0 amide bonds. The minimum absolute atomic E-state index is 0.375. The molecule has 0 aromatic heterocycles. The van der Waals surface area contributed by atoms with Crippen molar-refractivity contribution in [1.82, 2.24) is 0 Å². The van der Waals surface area contributed by atoms with Crippen molar-refractivity contribution in [2.24, 2.45) is 17.1 Å². The molecule has 1 unspecified atom stereocenters. The summed E-state index contributed by atoms with van der Waals surface area (Å²) in [4.78, 5) is 0. The lowest BCUT2D eigenvalue weighted by molar-refractivity contribution is 0.0630. The summed E-state index contributed by atoms with van der Waals surface area (Å²) in [5.41, 5.74) is 6.53. The smallest absolute Gasteiger partial charge is 0.0468 e. The first-order valence-corrected chi connectivity index (χ1v) is 7.31. The predicted octanol–water partition coefficient (Wildman–Crippen LogP) is 3.74. The van der Waals surface area contributed by atoms with Gasteiger partial charge >= 0.3 is 0 Å². The Balaban J connectivity index is 1.99. The lowest BCUT2D eigenvalue weighted by atomic mass is 9.86. The summed E-state index contributed by atoms with van der Waals surface area (Å²) in [7, 11) is 0. The van der Waals surface area contributed by atoms with E-state index in [1.807, 2.05) is 0 Å². The summed E-state index contributed by atoms with van der Waals surface area (Å²) in [6.07, 6.45) is 8.91. The Morgan fingerprint density at radius 1 is 1.18 bits per heavy atom. The Morgan fingerprint density at radius 3 is 2.41 bits per heavy atom. The third-order valence-electron chi connectivity index (χ3n) is 3.65. The molecule has 2 nitrogen and oxygen atoms in total. The first-order chi connectivity index (χ1) is 7.97. The van der Waals surface area contributed by atoms with Gasteiger partial charge in [-0.05, 0) is 37.0 Å². The van der Waals surface area contributed by atoms with Gasteiger partial charge in [0.25, 0.3) is 0 Å². The molecule has 17 heavy (non-hydrogen) atoms. The van der Waals surface area contributed by atoms with Gasteiger partial charge in [0.1, 0.15) is 0 Å². The second-order valence-corrected chi connectivity index (χ2v) is 6.87. The van der Waals surface area contributed by atoms with Crippen molar-refractivity contribution >= 4 is 0 Å². The molecular formula is C15H31NO. The minimum Gasteiger partial charge on any atom is -0.381 e. The molecule has 1 heterocycles. The van der Waals surface area contributed by atoms with Gasteiger partial charge in [-0.15, -0.1) is 0 Å². The summed E-state index contributed by atoms with van der Waals surface area (Å²) >= 11 is 0. The number of ether oxygens (including phenoxy) is 1. The van der Waals surface area contributed by atoms with E-state index in [1.165, 1.54) is 38.5 Å². The van der Waals surface area contributed by atoms with E-state index in [9.17, 15) is 0 Å². The normalized spacial score (nSPS) is 20.5. The maximum absolute atomic E-state index is 6.16. The maximum atomic E-state index is 6.16. The van der Waals surface area contributed by atoms with Gasteiger partial charge in [-0.3, -0.25) is 0 Å². The van der Waals surface area contributed by atoms with Crippen LogP contribution in [0.1, 0.15) is 65.7 Å². The van der Waals surface area contributed by atoms with Gasteiger partial charge in [0.2, 0.25) is 0 Å². The van der Waals surface area contributed by atoms with Crippen molar-refractivity contribution in [1.29, 1.82) is 0 Å². The van der Waals surface area contributed by atoms with E-state index >= 15 is 0 Å². The molecule has 102 valence electrons. The molecule has 0 spiro atoms. The standard InChI is InChI=1S/C15H31NO/c1-15(2,3)12-14(16)7-5-4-6-13-8-10-17-11-9-13/h13-14H,4-12,16H2,1-3H3. The van der Waals surface area contributed by atoms with Crippen molar-refractivity contribution in [3.8, 4) is 0 Å². The molecular weight excluding hydrogens is 210 g/mol. The fraction of sp³-hybridized carbons (Fsp3) is 1.00. The van der Waals surface area contributed by atoms with Crippen LogP contribution in [0.4, 0.5) is 0 Å². The Hall–Kier alpha value is -0.0800. The van der Waals surface area contributed by atoms with Crippen molar-refractivity contribution in [2.75, 3.05) is 13.2 Å². The highest BCUT2D eigenvalue weighted by Crippen LogP contribution is 2.24. The van der Waals surface area contributed by atoms with Crippen LogP contribution in [-0.4, -0.2) is 19.3 Å². The third-order valence-corrected chi connectivity index (χ3v) is 3.65. The second kappa shape index (κ2) is 7.38. The van der Waals surface area contributed by atoms with Gasteiger partial charge in [-0.25, -0.2) is 0 Å². The fourth-order valence-electron chi connectivity index (χ4n) is 2.76. The van der Waals surface area contributed by atoms with Crippen molar-refractivity contribution in [2.45, 2.75) is 71.8 Å². The topological polar surface area (TPSA) is 35.2 Å². The second-order valence-electron chi connectivity index (χ2n) is 6.87. The average Bonchev–Trinajstić information content (AvgIpc) is 2.23. The van der Waals surface area contributed by atoms with Gasteiger partial charge in [-0.1, -0.05) is 40.0 Å². The molecule has 0 saturated carbocycles. The third kappa shape index (κ3) is 7.77. The van der Waals surface area contributed by atoms with Gasteiger partial charge < -0.3 is 10.5 Å². The molecule has 1 atom stereocenters. The zero-order chi connectivity index (χ0) is 12.7. The van der Waals surface area contributed by atoms with Gasteiger partial charge in [0.15, 0.2) is 0 Å². The minimum atomic E-state index is 0.375. The van der Waals surface area contributed by atoms with Crippen LogP contribution in [-0.2, 0) is 4.74 Å². The summed E-state index contributed by atoms with van der Waals surface area (Å²) in [6, 6.07) is 0.393.